The van der Waals surface area contributed by atoms with Crippen molar-refractivity contribution in [1.29, 1.82) is 0 Å². The molecule has 2 rings (SSSR count). The van der Waals surface area contributed by atoms with Gasteiger partial charge in [-0.15, -0.1) is 0 Å². The Bertz CT molecular complexity index is 515. The van der Waals surface area contributed by atoms with Gasteiger partial charge in [0.15, 0.2) is 0 Å². The van der Waals surface area contributed by atoms with E-state index in [9.17, 15) is 0 Å². The van der Waals surface area contributed by atoms with Crippen LogP contribution in [0.25, 0.3) is 11.3 Å². The number of hydrogen-bond donors (Lipinski definition) is 1. The third kappa shape index (κ3) is 2.00. The second-order valence-corrected chi connectivity index (χ2v) is 4.31. The van der Waals surface area contributed by atoms with E-state index in [4.69, 9.17) is 10.5 Å². The van der Waals surface area contributed by atoms with Crippen molar-refractivity contribution < 1.29 is 4.74 Å². The molecule has 1 aromatic heterocycles. The third-order valence-corrected chi connectivity index (χ3v) is 2.85. The van der Waals surface area contributed by atoms with Crippen molar-refractivity contribution in [3.05, 3.63) is 36.4 Å². The minimum absolute atomic E-state index is 0.324. The van der Waals surface area contributed by atoms with Gasteiger partial charge in [0.25, 0.3) is 0 Å². The highest BCUT2D eigenvalue weighted by Gasteiger charge is 2.13. The number of methoxy groups -OCH3 is 1. The lowest BCUT2D eigenvalue weighted by atomic mass is 10.1. The standard InChI is InChI=1S/C14H18N2O/c1-10(2)16-12(8-9-14(16)15)11-6-4-5-7-13(11)17-3/h4-10H,15H2,1-3H3. The van der Waals surface area contributed by atoms with Crippen LogP contribution in [0.4, 0.5) is 5.82 Å². The van der Waals surface area contributed by atoms with Crippen molar-refractivity contribution >= 4 is 5.82 Å². The van der Waals surface area contributed by atoms with Crippen LogP contribution < -0.4 is 10.5 Å². The number of rotatable bonds is 3. The van der Waals surface area contributed by atoms with Crippen molar-refractivity contribution in [3.8, 4) is 17.0 Å². The summed E-state index contributed by atoms with van der Waals surface area (Å²) in [5.74, 6) is 1.65. The molecule has 0 aliphatic rings. The lowest BCUT2D eigenvalue weighted by Crippen LogP contribution is -2.06. The van der Waals surface area contributed by atoms with Crippen LogP contribution in [-0.2, 0) is 0 Å². The average Bonchev–Trinajstić information content (AvgIpc) is 2.71. The van der Waals surface area contributed by atoms with E-state index < -0.39 is 0 Å². The van der Waals surface area contributed by atoms with E-state index in [2.05, 4.69) is 18.4 Å². The van der Waals surface area contributed by atoms with Crippen molar-refractivity contribution in [1.82, 2.24) is 4.57 Å². The largest absolute Gasteiger partial charge is 0.496 e. The SMILES string of the molecule is COc1ccccc1-c1ccc(N)n1C(C)C. The molecule has 1 heterocycles. The lowest BCUT2D eigenvalue weighted by molar-refractivity contribution is 0.416. The van der Waals surface area contributed by atoms with E-state index in [-0.39, 0.29) is 0 Å². The minimum Gasteiger partial charge on any atom is -0.496 e. The first-order chi connectivity index (χ1) is 8.15. The molecule has 17 heavy (non-hydrogen) atoms. The van der Waals surface area contributed by atoms with Gasteiger partial charge in [-0.1, -0.05) is 12.1 Å². The first-order valence-corrected chi connectivity index (χ1v) is 5.75. The van der Waals surface area contributed by atoms with Crippen molar-refractivity contribution in [2.75, 3.05) is 12.8 Å². The Labute approximate surface area is 102 Å². The number of nitrogens with zero attached hydrogens (tertiary/aromatic N) is 1. The topological polar surface area (TPSA) is 40.2 Å². The minimum atomic E-state index is 0.324. The van der Waals surface area contributed by atoms with Gasteiger partial charge in [-0.05, 0) is 38.1 Å². The second kappa shape index (κ2) is 4.53. The van der Waals surface area contributed by atoms with Crippen LogP contribution in [0, 0.1) is 0 Å². The van der Waals surface area contributed by atoms with Gasteiger partial charge in [0.1, 0.15) is 11.6 Å². The number of nitrogen functional groups attached to an aromatic ring is 1. The zero-order valence-corrected chi connectivity index (χ0v) is 10.5. The summed E-state index contributed by atoms with van der Waals surface area (Å²) >= 11 is 0. The highest BCUT2D eigenvalue weighted by molar-refractivity contribution is 5.70. The number of hydrogen-bond acceptors (Lipinski definition) is 2. The van der Waals surface area contributed by atoms with Gasteiger partial charge >= 0.3 is 0 Å². The van der Waals surface area contributed by atoms with Gasteiger partial charge in [-0.3, -0.25) is 0 Å². The molecule has 0 unspecified atom stereocenters. The number of para-hydroxylation sites is 1. The van der Waals surface area contributed by atoms with Crippen LogP contribution >= 0.6 is 0 Å². The fraction of sp³-hybridized carbons (Fsp3) is 0.286. The fourth-order valence-electron chi connectivity index (χ4n) is 2.12. The van der Waals surface area contributed by atoms with E-state index in [0.717, 1.165) is 22.8 Å². The molecule has 0 aliphatic heterocycles. The molecular formula is C14H18N2O. The molecule has 3 heteroatoms. The molecule has 2 N–H and O–H groups in total. The number of anilines is 1. The van der Waals surface area contributed by atoms with Crippen LogP contribution in [-0.4, -0.2) is 11.7 Å². The zero-order chi connectivity index (χ0) is 12.4. The van der Waals surface area contributed by atoms with Crippen molar-refractivity contribution in [2.24, 2.45) is 0 Å². The summed E-state index contributed by atoms with van der Waals surface area (Å²) in [6.07, 6.45) is 0. The summed E-state index contributed by atoms with van der Waals surface area (Å²) < 4.78 is 7.50. The van der Waals surface area contributed by atoms with E-state index >= 15 is 0 Å². The van der Waals surface area contributed by atoms with Gasteiger partial charge in [0, 0.05) is 11.6 Å². The summed E-state index contributed by atoms with van der Waals surface area (Å²) in [6.45, 7) is 4.24. The normalized spacial score (nSPS) is 10.8. The molecule has 1 aromatic carbocycles. The highest BCUT2D eigenvalue weighted by Crippen LogP contribution is 2.33. The predicted molar refractivity (Wildman–Crippen MR) is 71.2 cm³/mol. The van der Waals surface area contributed by atoms with Gasteiger partial charge in [0.05, 0.1) is 12.8 Å². The molecule has 0 radical (unpaired) electrons. The third-order valence-electron chi connectivity index (χ3n) is 2.85. The van der Waals surface area contributed by atoms with Crippen LogP contribution in [0.1, 0.15) is 19.9 Å². The first kappa shape index (κ1) is 11.6. The van der Waals surface area contributed by atoms with E-state index in [1.165, 1.54) is 0 Å². The molecule has 0 spiro atoms. The lowest BCUT2D eigenvalue weighted by Gasteiger charge is -2.16. The zero-order valence-electron chi connectivity index (χ0n) is 10.5. The summed E-state index contributed by atoms with van der Waals surface area (Å²) in [7, 11) is 1.69. The molecule has 90 valence electrons. The van der Waals surface area contributed by atoms with Gasteiger partial charge in [0.2, 0.25) is 0 Å². The van der Waals surface area contributed by atoms with Crippen molar-refractivity contribution in [3.63, 3.8) is 0 Å². The Hall–Kier alpha value is -1.90. The maximum absolute atomic E-state index is 5.99. The Balaban J connectivity index is 2.60. The van der Waals surface area contributed by atoms with E-state index in [1.54, 1.807) is 7.11 Å². The number of benzene rings is 1. The van der Waals surface area contributed by atoms with Gasteiger partial charge in [-0.2, -0.15) is 0 Å². The molecule has 2 aromatic rings. The Morgan fingerprint density at radius 2 is 1.82 bits per heavy atom. The average molecular weight is 230 g/mol. The van der Waals surface area contributed by atoms with Gasteiger partial charge in [-0.25, -0.2) is 0 Å². The summed E-state index contributed by atoms with van der Waals surface area (Å²) in [4.78, 5) is 0. The molecular weight excluding hydrogens is 212 g/mol. The van der Waals surface area contributed by atoms with Crippen molar-refractivity contribution in [2.45, 2.75) is 19.9 Å². The number of aromatic nitrogens is 1. The first-order valence-electron chi connectivity index (χ1n) is 5.75. The monoisotopic (exact) mass is 230 g/mol. The molecule has 0 saturated heterocycles. The summed E-state index contributed by atoms with van der Waals surface area (Å²) in [5.41, 5.74) is 8.16. The van der Waals surface area contributed by atoms with Crippen LogP contribution in [0.5, 0.6) is 5.75 Å². The number of ether oxygens (including phenoxy) is 1. The van der Waals surface area contributed by atoms with Crippen LogP contribution in [0.15, 0.2) is 36.4 Å². The van der Waals surface area contributed by atoms with E-state index in [0.29, 0.717) is 6.04 Å². The summed E-state index contributed by atoms with van der Waals surface area (Å²) in [6, 6.07) is 12.3. The maximum Gasteiger partial charge on any atom is 0.128 e. The summed E-state index contributed by atoms with van der Waals surface area (Å²) in [5, 5.41) is 0. The second-order valence-electron chi connectivity index (χ2n) is 4.31. The molecule has 0 atom stereocenters. The quantitative estimate of drug-likeness (QED) is 0.878. The van der Waals surface area contributed by atoms with Crippen LogP contribution in [0.3, 0.4) is 0 Å². The molecule has 0 bridgehead atoms. The predicted octanol–water partition coefficient (Wildman–Crippen LogP) is 3.33. The maximum atomic E-state index is 5.99. The molecule has 0 saturated carbocycles. The smallest absolute Gasteiger partial charge is 0.128 e. The highest BCUT2D eigenvalue weighted by atomic mass is 16.5. The number of nitrogens with two attached hydrogens (primary N) is 1. The Morgan fingerprint density at radius 1 is 1.12 bits per heavy atom. The van der Waals surface area contributed by atoms with Crippen LogP contribution in [0.2, 0.25) is 0 Å². The molecule has 0 amide bonds. The molecule has 0 aliphatic carbocycles. The Kier molecular flexibility index (Phi) is 3.09. The van der Waals surface area contributed by atoms with Gasteiger partial charge < -0.3 is 15.0 Å². The van der Waals surface area contributed by atoms with E-state index in [1.807, 2.05) is 36.4 Å². The molecule has 0 fully saturated rings. The Morgan fingerprint density at radius 3 is 2.47 bits per heavy atom. The molecule has 3 nitrogen and oxygen atoms in total. The fourth-order valence-corrected chi connectivity index (χ4v) is 2.12.